The van der Waals surface area contributed by atoms with Gasteiger partial charge in [-0.3, -0.25) is 9.59 Å². The van der Waals surface area contributed by atoms with Gasteiger partial charge in [-0.2, -0.15) is 0 Å². The Bertz CT molecular complexity index is 674. The molecular formula is C19H25NO5. The lowest BCUT2D eigenvalue weighted by atomic mass is 9.96. The van der Waals surface area contributed by atoms with Gasteiger partial charge in [-0.1, -0.05) is 6.92 Å². The van der Waals surface area contributed by atoms with Crippen molar-refractivity contribution in [1.29, 1.82) is 0 Å². The van der Waals surface area contributed by atoms with E-state index in [2.05, 4.69) is 0 Å². The first-order valence-electron chi connectivity index (χ1n) is 8.68. The Morgan fingerprint density at radius 2 is 2.04 bits per heavy atom. The van der Waals surface area contributed by atoms with E-state index in [1.54, 1.807) is 27.2 Å². The largest absolute Gasteiger partial charge is 0.497 e. The Morgan fingerprint density at radius 3 is 2.68 bits per heavy atom. The van der Waals surface area contributed by atoms with Gasteiger partial charge in [0.2, 0.25) is 5.91 Å². The molecule has 2 aliphatic rings. The van der Waals surface area contributed by atoms with Crippen LogP contribution in [0.4, 0.5) is 0 Å². The summed E-state index contributed by atoms with van der Waals surface area (Å²) in [7, 11) is 3.20. The summed E-state index contributed by atoms with van der Waals surface area (Å²) >= 11 is 0. The minimum absolute atomic E-state index is 0.0675. The molecule has 25 heavy (non-hydrogen) atoms. The zero-order valence-electron chi connectivity index (χ0n) is 15.2. The van der Waals surface area contributed by atoms with Gasteiger partial charge in [-0.25, -0.2) is 0 Å². The summed E-state index contributed by atoms with van der Waals surface area (Å²) in [6, 6.07) is 5.49. The van der Waals surface area contributed by atoms with Gasteiger partial charge in [-0.05, 0) is 30.9 Å². The molecule has 4 atom stereocenters. The standard InChI is InChI=1S/C19H25NO5/c1-5-25-19(22)17-16-11(2)8-15(21)20(18(16)17)10-12-6-7-13(23-3)9-14(12)24-4/h6-7,9,11,16-18H,5,8,10H2,1-4H3/t11-,16+,17+,18+/m1/s1. The van der Waals surface area contributed by atoms with Crippen molar-refractivity contribution < 1.29 is 23.8 Å². The Labute approximate surface area is 148 Å². The molecule has 3 rings (SSSR count). The summed E-state index contributed by atoms with van der Waals surface area (Å²) in [5, 5.41) is 0. The summed E-state index contributed by atoms with van der Waals surface area (Å²) in [6.45, 7) is 4.64. The molecule has 1 saturated heterocycles. The number of hydrogen-bond donors (Lipinski definition) is 0. The maximum absolute atomic E-state index is 12.6. The molecular weight excluding hydrogens is 322 g/mol. The zero-order chi connectivity index (χ0) is 18.1. The number of fused-ring (bicyclic) bond motifs is 1. The first kappa shape index (κ1) is 17.6. The maximum Gasteiger partial charge on any atom is 0.311 e. The average molecular weight is 347 g/mol. The van der Waals surface area contributed by atoms with E-state index in [1.807, 2.05) is 24.0 Å². The average Bonchev–Trinajstić information content (AvgIpc) is 3.35. The molecule has 0 bridgehead atoms. The van der Waals surface area contributed by atoms with Crippen LogP contribution < -0.4 is 9.47 Å². The number of rotatable bonds is 6. The molecule has 1 saturated carbocycles. The molecule has 1 aliphatic carbocycles. The number of carbonyl (C=O) groups excluding carboxylic acids is 2. The molecule has 0 unspecified atom stereocenters. The fourth-order valence-corrected chi connectivity index (χ4v) is 4.00. The molecule has 1 heterocycles. The number of esters is 1. The number of methoxy groups -OCH3 is 2. The van der Waals surface area contributed by atoms with E-state index < -0.39 is 0 Å². The van der Waals surface area contributed by atoms with Crippen LogP contribution in [0.1, 0.15) is 25.8 Å². The number of ether oxygens (including phenoxy) is 3. The van der Waals surface area contributed by atoms with Crippen molar-refractivity contribution in [2.75, 3.05) is 20.8 Å². The van der Waals surface area contributed by atoms with E-state index in [4.69, 9.17) is 14.2 Å². The summed E-state index contributed by atoms with van der Waals surface area (Å²) in [5.74, 6) is 1.47. The van der Waals surface area contributed by atoms with Gasteiger partial charge in [0.25, 0.3) is 0 Å². The van der Waals surface area contributed by atoms with Gasteiger partial charge >= 0.3 is 5.97 Å². The topological polar surface area (TPSA) is 65.1 Å². The minimum Gasteiger partial charge on any atom is -0.497 e. The number of nitrogens with zero attached hydrogens (tertiary/aromatic N) is 1. The number of likely N-dealkylation sites (tertiary alicyclic amines) is 1. The van der Waals surface area contributed by atoms with Gasteiger partial charge in [0.15, 0.2) is 0 Å². The third kappa shape index (κ3) is 3.17. The van der Waals surface area contributed by atoms with Crippen molar-refractivity contribution in [1.82, 2.24) is 4.90 Å². The summed E-state index contributed by atoms with van der Waals surface area (Å²) in [6.07, 6.45) is 0.468. The van der Waals surface area contributed by atoms with Gasteiger partial charge in [-0.15, -0.1) is 0 Å². The maximum atomic E-state index is 12.6. The fourth-order valence-electron chi connectivity index (χ4n) is 4.00. The zero-order valence-corrected chi connectivity index (χ0v) is 15.2. The molecule has 0 N–H and O–H groups in total. The van der Waals surface area contributed by atoms with Crippen molar-refractivity contribution in [2.45, 2.75) is 32.9 Å². The van der Waals surface area contributed by atoms with Crippen LogP contribution in [0.25, 0.3) is 0 Å². The van der Waals surface area contributed by atoms with E-state index in [0.29, 0.717) is 31.1 Å². The van der Waals surface area contributed by atoms with Gasteiger partial charge in [0.05, 0.1) is 26.7 Å². The quantitative estimate of drug-likeness (QED) is 0.739. The highest BCUT2D eigenvalue weighted by Crippen LogP contribution is 2.53. The highest BCUT2D eigenvalue weighted by Gasteiger charge is 2.64. The second-order valence-corrected chi connectivity index (χ2v) is 6.73. The molecule has 6 nitrogen and oxygen atoms in total. The van der Waals surface area contributed by atoms with Crippen LogP contribution in [0, 0.1) is 17.8 Å². The summed E-state index contributed by atoms with van der Waals surface area (Å²) in [4.78, 5) is 26.6. The van der Waals surface area contributed by atoms with Crippen LogP contribution in [-0.4, -0.2) is 43.6 Å². The molecule has 1 aromatic rings. The number of amides is 1. The second-order valence-electron chi connectivity index (χ2n) is 6.73. The lowest BCUT2D eigenvalue weighted by Crippen LogP contribution is -2.39. The second kappa shape index (κ2) is 6.94. The third-order valence-corrected chi connectivity index (χ3v) is 5.26. The molecule has 136 valence electrons. The lowest BCUT2D eigenvalue weighted by Gasteiger charge is -2.30. The molecule has 0 aromatic heterocycles. The normalized spacial score (nSPS) is 27.5. The number of piperidine rings is 1. The molecule has 6 heteroatoms. The number of carbonyl (C=O) groups is 2. The summed E-state index contributed by atoms with van der Waals surface area (Å²) in [5.41, 5.74) is 0.902. The number of benzene rings is 1. The third-order valence-electron chi connectivity index (χ3n) is 5.26. The molecule has 1 amide bonds. The SMILES string of the molecule is CCOC(=O)[C@H]1[C@H]2[C@@H]1N(Cc1ccc(OC)cc1OC)C(=O)C[C@H]2C. The first-order valence-corrected chi connectivity index (χ1v) is 8.68. The Balaban J connectivity index is 1.82. The Morgan fingerprint density at radius 1 is 1.28 bits per heavy atom. The minimum atomic E-state index is -0.203. The monoisotopic (exact) mass is 347 g/mol. The Hall–Kier alpha value is -2.24. The molecule has 0 spiro atoms. The highest BCUT2D eigenvalue weighted by molar-refractivity contribution is 5.84. The summed E-state index contributed by atoms with van der Waals surface area (Å²) < 4.78 is 15.9. The van der Waals surface area contributed by atoms with Crippen LogP contribution in [0.2, 0.25) is 0 Å². The van der Waals surface area contributed by atoms with Crippen LogP contribution in [-0.2, 0) is 20.9 Å². The van der Waals surface area contributed by atoms with E-state index >= 15 is 0 Å². The van der Waals surface area contributed by atoms with Crippen molar-refractivity contribution >= 4 is 11.9 Å². The first-order chi connectivity index (χ1) is 12.0. The molecule has 2 fully saturated rings. The van der Waals surface area contributed by atoms with Gasteiger partial charge in [0.1, 0.15) is 11.5 Å². The van der Waals surface area contributed by atoms with Crippen LogP contribution in [0.15, 0.2) is 18.2 Å². The van der Waals surface area contributed by atoms with E-state index in [1.165, 1.54) is 0 Å². The van der Waals surface area contributed by atoms with Crippen molar-refractivity contribution in [3.8, 4) is 11.5 Å². The molecule has 1 aromatic carbocycles. The molecule has 1 aliphatic heterocycles. The van der Waals surface area contributed by atoms with Gasteiger partial charge < -0.3 is 19.1 Å². The molecule has 0 radical (unpaired) electrons. The van der Waals surface area contributed by atoms with E-state index in [9.17, 15) is 9.59 Å². The predicted molar refractivity (Wildman–Crippen MR) is 91.3 cm³/mol. The smallest absolute Gasteiger partial charge is 0.311 e. The van der Waals surface area contributed by atoms with Gasteiger partial charge in [0, 0.05) is 30.6 Å². The number of hydrogen-bond acceptors (Lipinski definition) is 5. The van der Waals surface area contributed by atoms with Crippen LogP contribution in [0.3, 0.4) is 0 Å². The van der Waals surface area contributed by atoms with Crippen LogP contribution in [0.5, 0.6) is 11.5 Å². The van der Waals surface area contributed by atoms with Crippen molar-refractivity contribution in [3.05, 3.63) is 23.8 Å². The fraction of sp³-hybridized carbons (Fsp3) is 0.579. The highest BCUT2D eigenvalue weighted by atomic mass is 16.5. The Kier molecular flexibility index (Phi) is 4.88. The van der Waals surface area contributed by atoms with Crippen LogP contribution >= 0.6 is 0 Å². The predicted octanol–water partition coefficient (Wildman–Crippen LogP) is 2.25. The van der Waals surface area contributed by atoms with Crippen molar-refractivity contribution in [3.63, 3.8) is 0 Å². The van der Waals surface area contributed by atoms with Crippen molar-refractivity contribution in [2.24, 2.45) is 17.8 Å². The van der Waals surface area contributed by atoms with E-state index in [0.717, 1.165) is 5.56 Å². The lowest BCUT2D eigenvalue weighted by molar-refractivity contribution is -0.145. The van der Waals surface area contributed by atoms with E-state index in [-0.39, 0.29) is 35.7 Å².